The summed E-state index contributed by atoms with van der Waals surface area (Å²) in [5.41, 5.74) is -0.147. The van der Waals surface area contributed by atoms with Gasteiger partial charge >= 0.3 is 0 Å². The average Bonchev–Trinajstić information content (AvgIpc) is 2.67. The van der Waals surface area contributed by atoms with Crippen LogP contribution < -0.4 is 0 Å². The molecule has 1 atom stereocenters. The molecule has 0 saturated carbocycles. The number of aliphatic hydroxyl groups is 1. The fourth-order valence-electron chi connectivity index (χ4n) is 1.94. The molecule has 1 fully saturated rings. The van der Waals surface area contributed by atoms with Crippen molar-refractivity contribution in [3.05, 3.63) is 0 Å². The van der Waals surface area contributed by atoms with Crippen LogP contribution >= 0.6 is 0 Å². The van der Waals surface area contributed by atoms with Crippen LogP contribution in [-0.4, -0.2) is 48.0 Å². The standard InChI is InChI=1S/C11H23NO2/c1-4-14-9-10(13)11(2,3)12-7-5-6-8-12/h10,13H,4-9H2,1-3H3. The maximum Gasteiger partial charge on any atom is 0.0951 e. The lowest BCUT2D eigenvalue weighted by molar-refractivity contribution is -0.0477. The summed E-state index contributed by atoms with van der Waals surface area (Å²) in [6, 6.07) is 0. The van der Waals surface area contributed by atoms with E-state index < -0.39 is 0 Å². The van der Waals surface area contributed by atoms with E-state index in [-0.39, 0.29) is 11.6 Å². The van der Waals surface area contributed by atoms with Crippen LogP contribution in [0.25, 0.3) is 0 Å². The van der Waals surface area contributed by atoms with Crippen LogP contribution in [0.3, 0.4) is 0 Å². The van der Waals surface area contributed by atoms with Gasteiger partial charge in [-0.2, -0.15) is 0 Å². The topological polar surface area (TPSA) is 32.7 Å². The first kappa shape index (κ1) is 12.0. The van der Waals surface area contributed by atoms with Crippen molar-refractivity contribution in [3.63, 3.8) is 0 Å². The van der Waals surface area contributed by atoms with Gasteiger partial charge in [-0.05, 0) is 46.7 Å². The number of nitrogens with zero attached hydrogens (tertiary/aromatic N) is 1. The molecule has 1 heterocycles. The Bertz CT molecular complexity index is 165. The van der Waals surface area contributed by atoms with E-state index in [2.05, 4.69) is 18.7 Å². The average molecular weight is 201 g/mol. The molecule has 3 heteroatoms. The second kappa shape index (κ2) is 5.10. The van der Waals surface area contributed by atoms with E-state index in [0.29, 0.717) is 13.2 Å². The van der Waals surface area contributed by atoms with Crippen molar-refractivity contribution in [1.29, 1.82) is 0 Å². The molecule has 1 aliphatic heterocycles. The van der Waals surface area contributed by atoms with Gasteiger partial charge in [0.15, 0.2) is 0 Å². The van der Waals surface area contributed by atoms with Crippen molar-refractivity contribution in [2.75, 3.05) is 26.3 Å². The molecule has 84 valence electrons. The predicted molar refractivity (Wildman–Crippen MR) is 57.4 cm³/mol. The van der Waals surface area contributed by atoms with Crippen molar-refractivity contribution in [2.45, 2.75) is 45.3 Å². The number of ether oxygens (including phenoxy) is 1. The number of aliphatic hydroxyl groups excluding tert-OH is 1. The molecule has 0 aliphatic carbocycles. The van der Waals surface area contributed by atoms with E-state index in [1.165, 1.54) is 12.8 Å². The molecular formula is C11H23NO2. The highest BCUT2D eigenvalue weighted by Gasteiger charge is 2.35. The zero-order chi connectivity index (χ0) is 10.6. The molecule has 0 aromatic heterocycles. The number of hydrogen-bond acceptors (Lipinski definition) is 3. The molecule has 1 N–H and O–H groups in total. The summed E-state index contributed by atoms with van der Waals surface area (Å²) in [6.45, 7) is 9.49. The monoisotopic (exact) mass is 201 g/mol. The van der Waals surface area contributed by atoms with Crippen molar-refractivity contribution in [3.8, 4) is 0 Å². The quantitative estimate of drug-likeness (QED) is 0.727. The molecule has 14 heavy (non-hydrogen) atoms. The molecule has 1 unspecified atom stereocenters. The summed E-state index contributed by atoms with van der Waals surface area (Å²) >= 11 is 0. The lowest BCUT2D eigenvalue weighted by atomic mass is 9.96. The third-order valence-electron chi connectivity index (χ3n) is 3.22. The Labute approximate surface area is 87.1 Å². The van der Waals surface area contributed by atoms with Crippen LogP contribution in [0, 0.1) is 0 Å². The van der Waals surface area contributed by atoms with Crippen molar-refractivity contribution in [2.24, 2.45) is 0 Å². The highest BCUT2D eigenvalue weighted by molar-refractivity contribution is 4.90. The van der Waals surface area contributed by atoms with Gasteiger partial charge in [0, 0.05) is 12.1 Å². The van der Waals surface area contributed by atoms with Gasteiger partial charge in [-0.3, -0.25) is 4.90 Å². The molecule has 0 aromatic carbocycles. The van der Waals surface area contributed by atoms with Crippen LogP contribution in [-0.2, 0) is 4.74 Å². The van der Waals surface area contributed by atoms with Crippen LogP contribution in [0.2, 0.25) is 0 Å². The van der Waals surface area contributed by atoms with Crippen molar-refractivity contribution >= 4 is 0 Å². The van der Waals surface area contributed by atoms with Gasteiger partial charge in [0.1, 0.15) is 0 Å². The first-order valence-electron chi connectivity index (χ1n) is 5.60. The third kappa shape index (κ3) is 2.69. The molecular weight excluding hydrogens is 178 g/mol. The Balaban J connectivity index is 2.44. The SMILES string of the molecule is CCOCC(O)C(C)(C)N1CCCC1. The minimum Gasteiger partial charge on any atom is -0.389 e. The molecule has 1 rings (SSSR count). The van der Waals surface area contributed by atoms with Gasteiger partial charge in [-0.15, -0.1) is 0 Å². The Morgan fingerprint density at radius 1 is 1.36 bits per heavy atom. The molecule has 3 nitrogen and oxygen atoms in total. The van der Waals surface area contributed by atoms with Crippen LogP contribution in [0.5, 0.6) is 0 Å². The minimum atomic E-state index is -0.388. The minimum absolute atomic E-state index is 0.147. The summed E-state index contributed by atoms with van der Waals surface area (Å²) in [7, 11) is 0. The number of likely N-dealkylation sites (tertiary alicyclic amines) is 1. The fraction of sp³-hybridized carbons (Fsp3) is 1.00. The highest BCUT2D eigenvalue weighted by atomic mass is 16.5. The molecule has 0 amide bonds. The fourth-order valence-corrected chi connectivity index (χ4v) is 1.94. The van der Waals surface area contributed by atoms with Gasteiger partial charge in [0.2, 0.25) is 0 Å². The molecule has 1 aliphatic rings. The van der Waals surface area contributed by atoms with Gasteiger partial charge in [-0.25, -0.2) is 0 Å². The maximum absolute atomic E-state index is 10.0. The largest absolute Gasteiger partial charge is 0.389 e. The van der Waals surface area contributed by atoms with Crippen LogP contribution in [0.4, 0.5) is 0 Å². The zero-order valence-electron chi connectivity index (χ0n) is 9.62. The van der Waals surface area contributed by atoms with Crippen molar-refractivity contribution < 1.29 is 9.84 Å². The van der Waals surface area contributed by atoms with E-state index in [1.807, 2.05) is 6.92 Å². The molecule has 1 saturated heterocycles. The second-order valence-electron chi connectivity index (χ2n) is 4.52. The normalized spacial score (nSPS) is 21.4. The van der Waals surface area contributed by atoms with Gasteiger partial charge in [-0.1, -0.05) is 0 Å². The highest BCUT2D eigenvalue weighted by Crippen LogP contribution is 2.24. The molecule has 0 aromatic rings. The molecule has 0 bridgehead atoms. The second-order valence-corrected chi connectivity index (χ2v) is 4.52. The summed E-state index contributed by atoms with van der Waals surface area (Å²) in [6.07, 6.45) is 2.12. The smallest absolute Gasteiger partial charge is 0.0951 e. The number of rotatable bonds is 5. The first-order chi connectivity index (χ1) is 6.59. The van der Waals surface area contributed by atoms with E-state index >= 15 is 0 Å². The predicted octanol–water partition coefficient (Wildman–Crippen LogP) is 1.26. The Morgan fingerprint density at radius 3 is 2.43 bits per heavy atom. The van der Waals surface area contributed by atoms with Gasteiger partial charge in [0.05, 0.1) is 12.7 Å². The first-order valence-corrected chi connectivity index (χ1v) is 5.60. The Kier molecular flexibility index (Phi) is 4.35. The maximum atomic E-state index is 10.0. The van der Waals surface area contributed by atoms with Crippen LogP contribution in [0.15, 0.2) is 0 Å². The third-order valence-corrected chi connectivity index (χ3v) is 3.22. The molecule has 0 radical (unpaired) electrons. The van der Waals surface area contributed by atoms with Crippen LogP contribution in [0.1, 0.15) is 33.6 Å². The molecule has 0 spiro atoms. The lowest BCUT2D eigenvalue weighted by Crippen LogP contribution is -2.52. The van der Waals surface area contributed by atoms with E-state index in [4.69, 9.17) is 4.74 Å². The van der Waals surface area contributed by atoms with Gasteiger partial charge in [0.25, 0.3) is 0 Å². The van der Waals surface area contributed by atoms with E-state index in [0.717, 1.165) is 13.1 Å². The van der Waals surface area contributed by atoms with E-state index in [9.17, 15) is 5.11 Å². The summed E-state index contributed by atoms with van der Waals surface area (Å²) in [4.78, 5) is 2.36. The Morgan fingerprint density at radius 2 is 1.93 bits per heavy atom. The Hall–Kier alpha value is -0.120. The lowest BCUT2D eigenvalue weighted by Gasteiger charge is -2.39. The van der Waals surface area contributed by atoms with Crippen molar-refractivity contribution in [1.82, 2.24) is 4.90 Å². The summed E-state index contributed by atoms with van der Waals surface area (Å²) < 4.78 is 5.26. The van der Waals surface area contributed by atoms with E-state index in [1.54, 1.807) is 0 Å². The number of hydrogen-bond donors (Lipinski definition) is 1. The zero-order valence-corrected chi connectivity index (χ0v) is 9.62. The summed E-state index contributed by atoms with van der Waals surface area (Å²) in [5.74, 6) is 0. The van der Waals surface area contributed by atoms with Gasteiger partial charge < -0.3 is 9.84 Å². The summed E-state index contributed by atoms with van der Waals surface area (Å²) in [5, 5.41) is 10.0.